The SMILES string of the molecule is CCc1nn2c(=O)cc(CSc3ccccc3NC(=O)c3ccc(Cl)cc3)nc2s1. The highest BCUT2D eigenvalue weighted by atomic mass is 35.5. The van der Waals surface area contributed by atoms with Crippen molar-refractivity contribution in [3.63, 3.8) is 0 Å². The smallest absolute Gasteiger partial charge is 0.275 e. The molecule has 4 rings (SSSR count). The van der Waals surface area contributed by atoms with E-state index in [9.17, 15) is 9.59 Å². The Bertz CT molecular complexity index is 1270. The van der Waals surface area contributed by atoms with Crippen molar-refractivity contribution in [1.82, 2.24) is 14.6 Å². The van der Waals surface area contributed by atoms with Gasteiger partial charge in [-0.25, -0.2) is 4.98 Å². The molecule has 2 aromatic heterocycles. The number of rotatable bonds is 6. The zero-order valence-electron chi connectivity index (χ0n) is 16.0. The Morgan fingerprint density at radius 2 is 1.97 bits per heavy atom. The van der Waals surface area contributed by atoms with Crippen LogP contribution in [-0.2, 0) is 12.2 Å². The number of nitrogens with zero attached hydrogens (tertiary/aromatic N) is 3. The number of anilines is 1. The van der Waals surface area contributed by atoms with Gasteiger partial charge in [-0.1, -0.05) is 42.0 Å². The molecule has 0 aliphatic carbocycles. The fraction of sp³-hybridized carbons (Fsp3) is 0.143. The monoisotopic (exact) mass is 456 g/mol. The van der Waals surface area contributed by atoms with Crippen LogP contribution in [-0.4, -0.2) is 20.5 Å². The van der Waals surface area contributed by atoms with Crippen LogP contribution < -0.4 is 10.9 Å². The van der Waals surface area contributed by atoms with Gasteiger partial charge in [0.25, 0.3) is 11.5 Å². The van der Waals surface area contributed by atoms with Crippen LogP contribution in [0.4, 0.5) is 5.69 Å². The number of hydrogen-bond acceptors (Lipinski definition) is 6. The third-order valence-corrected chi connectivity index (χ3v) is 6.67. The minimum absolute atomic E-state index is 0.184. The number of thioether (sulfide) groups is 1. The molecule has 0 aliphatic rings. The Morgan fingerprint density at radius 3 is 2.73 bits per heavy atom. The Hall–Kier alpha value is -2.68. The number of carbonyl (C=O) groups is 1. The maximum absolute atomic E-state index is 12.5. The molecule has 4 aromatic rings. The van der Waals surface area contributed by atoms with E-state index in [1.165, 1.54) is 33.7 Å². The van der Waals surface area contributed by atoms with Crippen molar-refractivity contribution in [3.8, 4) is 0 Å². The minimum Gasteiger partial charge on any atom is -0.321 e. The second-order valence-electron chi connectivity index (χ2n) is 6.38. The summed E-state index contributed by atoms with van der Waals surface area (Å²) in [7, 11) is 0. The van der Waals surface area contributed by atoms with Gasteiger partial charge in [0.15, 0.2) is 0 Å². The highest BCUT2D eigenvalue weighted by molar-refractivity contribution is 7.98. The van der Waals surface area contributed by atoms with Crippen molar-refractivity contribution in [3.05, 3.63) is 86.2 Å². The summed E-state index contributed by atoms with van der Waals surface area (Å²) in [5.41, 5.74) is 1.72. The molecule has 0 saturated carbocycles. The van der Waals surface area contributed by atoms with E-state index in [0.29, 0.717) is 32.7 Å². The number of aromatic nitrogens is 3. The molecule has 0 saturated heterocycles. The normalized spacial score (nSPS) is 11.0. The van der Waals surface area contributed by atoms with E-state index in [2.05, 4.69) is 15.4 Å². The molecule has 0 unspecified atom stereocenters. The van der Waals surface area contributed by atoms with Gasteiger partial charge in [-0.3, -0.25) is 9.59 Å². The van der Waals surface area contributed by atoms with Gasteiger partial charge in [0, 0.05) is 27.3 Å². The number of nitrogens with one attached hydrogen (secondary N) is 1. The van der Waals surface area contributed by atoms with E-state index < -0.39 is 0 Å². The number of para-hydroxylation sites is 1. The molecule has 0 aliphatic heterocycles. The first-order valence-electron chi connectivity index (χ1n) is 9.21. The second kappa shape index (κ2) is 8.99. The van der Waals surface area contributed by atoms with Crippen molar-refractivity contribution in [1.29, 1.82) is 0 Å². The predicted octanol–water partition coefficient (Wildman–Crippen LogP) is 4.91. The highest BCUT2D eigenvalue weighted by Gasteiger charge is 2.12. The van der Waals surface area contributed by atoms with Gasteiger partial charge in [-0.05, 0) is 42.8 Å². The number of fused-ring (bicyclic) bond motifs is 1. The molecule has 0 atom stereocenters. The molecule has 2 heterocycles. The molecule has 2 aromatic carbocycles. The lowest BCUT2D eigenvalue weighted by Crippen LogP contribution is -2.15. The fourth-order valence-electron chi connectivity index (χ4n) is 2.76. The van der Waals surface area contributed by atoms with Crippen molar-refractivity contribution >= 4 is 51.3 Å². The molecule has 0 bridgehead atoms. The third-order valence-electron chi connectivity index (χ3n) is 4.26. The first kappa shape index (κ1) is 20.6. The zero-order chi connectivity index (χ0) is 21.1. The lowest BCUT2D eigenvalue weighted by molar-refractivity contribution is 0.102. The maximum Gasteiger partial charge on any atom is 0.275 e. The summed E-state index contributed by atoms with van der Waals surface area (Å²) in [5.74, 6) is 0.285. The van der Waals surface area contributed by atoms with Gasteiger partial charge in [-0.2, -0.15) is 9.61 Å². The predicted molar refractivity (Wildman–Crippen MR) is 122 cm³/mol. The lowest BCUT2D eigenvalue weighted by atomic mass is 10.2. The molecule has 6 nitrogen and oxygen atoms in total. The third kappa shape index (κ3) is 4.56. The molecular formula is C21H17ClN4O2S2. The van der Waals surface area contributed by atoms with Crippen LogP contribution >= 0.6 is 34.7 Å². The summed E-state index contributed by atoms with van der Waals surface area (Å²) in [6.45, 7) is 1.99. The Balaban J connectivity index is 1.52. The average Bonchev–Trinajstić information content (AvgIpc) is 3.17. The van der Waals surface area contributed by atoms with Crippen LogP contribution in [0.15, 0.2) is 64.3 Å². The summed E-state index contributed by atoms with van der Waals surface area (Å²) >= 11 is 8.82. The van der Waals surface area contributed by atoms with Crippen molar-refractivity contribution in [2.45, 2.75) is 24.0 Å². The minimum atomic E-state index is -0.214. The van der Waals surface area contributed by atoms with Crippen molar-refractivity contribution < 1.29 is 4.79 Å². The number of aryl methyl sites for hydroxylation is 1. The van der Waals surface area contributed by atoms with Crippen LogP contribution in [0.5, 0.6) is 0 Å². The van der Waals surface area contributed by atoms with Crippen molar-refractivity contribution in [2.24, 2.45) is 0 Å². The van der Waals surface area contributed by atoms with Gasteiger partial charge in [0.1, 0.15) is 5.01 Å². The maximum atomic E-state index is 12.5. The summed E-state index contributed by atoms with van der Waals surface area (Å²) in [4.78, 5) is 30.9. The largest absolute Gasteiger partial charge is 0.321 e. The zero-order valence-corrected chi connectivity index (χ0v) is 18.4. The van der Waals surface area contributed by atoms with E-state index in [4.69, 9.17) is 11.6 Å². The van der Waals surface area contributed by atoms with Gasteiger partial charge in [0.05, 0.1) is 11.4 Å². The average molecular weight is 457 g/mol. The number of carbonyl (C=O) groups excluding carboxylic acids is 1. The number of hydrogen-bond donors (Lipinski definition) is 1. The first-order valence-corrected chi connectivity index (χ1v) is 11.4. The summed E-state index contributed by atoms with van der Waals surface area (Å²) in [5, 5.41) is 8.66. The van der Waals surface area contributed by atoms with E-state index >= 15 is 0 Å². The van der Waals surface area contributed by atoms with Crippen LogP contribution in [0.25, 0.3) is 4.96 Å². The molecule has 1 N–H and O–H groups in total. The van der Waals surface area contributed by atoms with Gasteiger partial charge in [-0.15, -0.1) is 11.8 Å². The molecule has 152 valence electrons. The van der Waals surface area contributed by atoms with Gasteiger partial charge in [0.2, 0.25) is 4.96 Å². The quantitative estimate of drug-likeness (QED) is 0.417. The van der Waals surface area contributed by atoms with Crippen LogP contribution in [0.3, 0.4) is 0 Å². The molecular weight excluding hydrogens is 440 g/mol. The van der Waals surface area contributed by atoms with E-state index in [-0.39, 0.29) is 11.5 Å². The van der Waals surface area contributed by atoms with Crippen molar-refractivity contribution in [2.75, 3.05) is 5.32 Å². The molecule has 0 fully saturated rings. The Labute approximate surface area is 185 Å². The number of halogens is 1. The van der Waals surface area contributed by atoms with Crippen LogP contribution in [0, 0.1) is 0 Å². The van der Waals surface area contributed by atoms with E-state index in [1.807, 2.05) is 31.2 Å². The fourth-order valence-corrected chi connectivity index (χ4v) is 4.64. The standard InChI is InChI=1S/C21H17ClN4O2S2/c1-2-18-25-26-19(27)11-15(23-21(26)30-18)12-29-17-6-4-3-5-16(17)24-20(28)13-7-9-14(22)10-8-13/h3-11H,2,12H2,1H3,(H,24,28). The summed E-state index contributed by atoms with van der Waals surface area (Å²) < 4.78 is 1.35. The van der Waals surface area contributed by atoms with Gasteiger partial charge < -0.3 is 5.32 Å². The Morgan fingerprint density at radius 1 is 1.20 bits per heavy atom. The molecule has 30 heavy (non-hydrogen) atoms. The van der Waals surface area contributed by atoms with Crippen LogP contribution in [0.2, 0.25) is 5.02 Å². The molecule has 9 heteroatoms. The van der Waals surface area contributed by atoms with E-state index in [0.717, 1.165) is 16.3 Å². The number of amides is 1. The lowest BCUT2D eigenvalue weighted by Gasteiger charge is -2.11. The summed E-state index contributed by atoms with van der Waals surface area (Å²) in [6.07, 6.45) is 0.762. The highest BCUT2D eigenvalue weighted by Crippen LogP contribution is 2.30. The first-order chi connectivity index (χ1) is 14.5. The second-order valence-corrected chi connectivity index (χ2v) is 8.87. The van der Waals surface area contributed by atoms with E-state index in [1.54, 1.807) is 24.3 Å². The summed E-state index contributed by atoms with van der Waals surface area (Å²) in [6, 6.07) is 15.8. The molecule has 1 amide bonds. The Kier molecular flexibility index (Phi) is 6.17. The number of benzene rings is 2. The molecule has 0 spiro atoms. The molecule has 0 radical (unpaired) electrons. The van der Waals surface area contributed by atoms with Gasteiger partial charge >= 0.3 is 0 Å². The van der Waals surface area contributed by atoms with Crippen LogP contribution in [0.1, 0.15) is 28.0 Å². The topological polar surface area (TPSA) is 76.4 Å².